The molecule has 1 fully saturated rings. The molecule has 0 radical (unpaired) electrons. The van der Waals surface area contributed by atoms with Gasteiger partial charge in [0.1, 0.15) is 5.75 Å². The van der Waals surface area contributed by atoms with Gasteiger partial charge in [0.05, 0.1) is 12.7 Å². The zero-order valence-corrected chi connectivity index (χ0v) is 12.3. The molecule has 0 saturated carbocycles. The summed E-state index contributed by atoms with van der Waals surface area (Å²) in [5.74, 6) is 0.881. The third-order valence-electron chi connectivity index (χ3n) is 3.21. The van der Waals surface area contributed by atoms with E-state index in [0.29, 0.717) is 12.7 Å². The molecule has 0 amide bonds. The number of rotatable bonds is 5. The van der Waals surface area contributed by atoms with E-state index in [1.807, 2.05) is 25.1 Å². The van der Waals surface area contributed by atoms with E-state index in [1.54, 1.807) is 0 Å². The quantitative estimate of drug-likeness (QED) is 0.906. The summed E-state index contributed by atoms with van der Waals surface area (Å²) in [6, 6.07) is 5.96. The van der Waals surface area contributed by atoms with Gasteiger partial charge in [-0.15, -0.1) is 0 Å². The largest absolute Gasteiger partial charge is 0.494 e. The second-order valence-electron chi connectivity index (χ2n) is 4.59. The van der Waals surface area contributed by atoms with E-state index in [9.17, 15) is 0 Å². The van der Waals surface area contributed by atoms with Gasteiger partial charge in [-0.05, 0) is 44.4 Å². The third kappa shape index (κ3) is 3.46. The van der Waals surface area contributed by atoms with Crippen molar-refractivity contribution in [3.63, 3.8) is 0 Å². The molecule has 2 atom stereocenters. The molecule has 4 heteroatoms. The molecule has 2 rings (SSSR count). The highest BCUT2D eigenvalue weighted by molar-refractivity contribution is 9.10. The van der Waals surface area contributed by atoms with Crippen LogP contribution in [0.25, 0.3) is 0 Å². The van der Waals surface area contributed by atoms with Crippen molar-refractivity contribution >= 4 is 15.9 Å². The van der Waals surface area contributed by atoms with Crippen molar-refractivity contribution in [1.82, 2.24) is 0 Å². The normalized spacial score (nSPS) is 20.9. The zero-order chi connectivity index (χ0) is 13.0. The van der Waals surface area contributed by atoms with E-state index in [2.05, 4.69) is 15.9 Å². The number of ether oxygens (including phenoxy) is 2. The second kappa shape index (κ2) is 6.55. The zero-order valence-electron chi connectivity index (χ0n) is 10.7. The standard InChI is InChI=1S/C14H20BrNO2/c1-2-17-14-6-5-10(15)8-12(14)13(16)9-11-4-3-7-18-11/h5-6,8,11,13H,2-4,7,9,16H2,1H3. The molecule has 1 heterocycles. The van der Waals surface area contributed by atoms with Crippen LogP contribution < -0.4 is 10.5 Å². The lowest BCUT2D eigenvalue weighted by molar-refractivity contribution is 0.0980. The van der Waals surface area contributed by atoms with Crippen LogP contribution in [0.5, 0.6) is 5.75 Å². The fraction of sp³-hybridized carbons (Fsp3) is 0.571. The Morgan fingerprint density at radius 3 is 3.06 bits per heavy atom. The highest BCUT2D eigenvalue weighted by Crippen LogP contribution is 2.31. The Labute approximate surface area is 117 Å². The molecule has 1 aromatic rings. The monoisotopic (exact) mass is 313 g/mol. The van der Waals surface area contributed by atoms with Crippen LogP contribution in [0.15, 0.2) is 22.7 Å². The van der Waals surface area contributed by atoms with E-state index >= 15 is 0 Å². The van der Waals surface area contributed by atoms with Crippen LogP contribution in [0.2, 0.25) is 0 Å². The first-order chi connectivity index (χ1) is 8.70. The van der Waals surface area contributed by atoms with Crippen molar-refractivity contribution in [1.29, 1.82) is 0 Å². The average molecular weight is 314 g/mol. The average Bonchev–Trinajstić information content (AvgIpc) is 2.84. The van der Waals surface area contributed by atoms with Crippen LogP contribution in [-0.4, -0.2) is 19.3 Å². The van der Waals surface area contributed by atoms with Gasteiger partial charge in [0, 0.05) is 22.7 Å². The summed E-state index contributed by atoms with van der Waals surface area (Å²) < 4.78 is 12.3. The minimum absolute atomic E-state index is 0.0350. The Hall–Kier alpha value is -0.580. The molecule has 1 aliphatic heterocycles. The minimum Gasteiger partial charge on any atom is -0.494 e. The van der Waals surface area contributed by atoms with Crippen LogP contribution in [0.1, 0.15) is 37.8 Å². The molecule has 2 N–H and O–H groups in total. The van der Waals surface area contributed by atoms with Crippen LogP contribution in [0.3, 0.4) is 0 Å². The number of nitrogens with two attached hydrogens (primary N) is 1. The van der Waals surface area contributed by atoms with Gasteiger partial charge in [0.15, 0.2) is 0 Å². The maximum Gasteiger partial charge on any atom is 0.124 e. The Morgan fingerprint density at radius 1 is 1.56 bits per heavy atom. The van der Waals surface area contributed by atoms with E-state index in [4.69, 9.17) is 15.2 Å². The van der Waals surface area contributed by atoms with Crippen molar-refractivity contribution in [3.8, 4) is 5.75 Å². The van der Waals surface area contributed by atoms with Gasteiger partial charge >= 0.3 is 0 Å². The highest BCUT2D eigenvalue weighted by atomic mass is 79.9. The molecule has 1 aromatic carbocycles. The van der Waals surface area contributed by atoms with Crippen LogP contribution >= 0.6 is 15.9 Å². The number of hydrogen-bond donors (Lipinski definition) is 1. The minimum atomic E-state index is -0.0350. The lowest BCUT2D eigenvalue weighted by Crippen LogP contribution is -2.19. The lowest BCUT2D eigenvalue weighted by Gasteiger charge is -2.19. The first kappa shape index (κ1) is 13.8. The molecule has 0 aromatic heterocycles. The summed E-state index contributed by atoms with van der Waals surface area (Å²) in [4.78, 5) is 0. The lowest BCUT2D eigenvalue weighted by atomic mass is 9.99. The molecule has 0 aliphatic carbocycles. The smallest absolute Gasteiger partial charge is 0.124 e. The van der Waals surface area contributed by atoms with Gasteiger partial charge in [-0.2, -0.15) is 0 Å². The maximum atomic E-state index is 6.29. The molecule has 1 aliphatic rings. The van der Waals surface area contributed by atoms with Crippen molar-refractivity contribution in [2.24, 2.45) is 5.73 Å². The van der Waals surface area contributed by atoms with Gasteiger partial charge in [0.2, 0.25) is 0 Å². The Balaban J connectivity index is 2.11. The van der Waals surface area contributed by atoms with E-state index in [1.165, 1.54) is 0 Å². The summed E-state index contributed by atoms with van der Waals surface area (Å²) in [6.07, 6.45) is 3.42. The molecule has 2 unspecified atom stereocenters. The highest BCUT2D eigenvalue weighted by Gasteiger charge is 2.21. The van der Waals surface area contributed by atoms with Gasteiger partial charge in [-0.25, -0.2) is 0 Å². The topological polar surface area (TPSA) is 44.5 Å². The van der Waals surface area contributed by atoms with Crippen molar-refractivity contribution < 1.29 is 9.47 Å². The van der Waals surface area contributed by atoms with Gasteiger partial charge < -0.3 is 15.2 Å². The molecule has 18 heavy (non-hydrogen) atoms. The van der Waals surface area contributed by atoms with Gasteiger partial charge in [0.25, 0.3) is 0 Å². The van der Waals surface area contributed by atoms with Crippen molar-refractivity contribution in [2.45, 2.75) is 38.3 Å². The van der Waals surface area contributed by atoms with Crippen molar-refractivity contribution in [2.75, 3.05) is 13.2 Å². The van der Waals surface area contributed by atoms with E-state index in [0.717, 1.165) is 41.7 Å². The summed E-state index contributed by atoms with van der Waals surface area (Å²) in [7, 11) is 0. The molecule has 0 bridgehead atoms. The Morgan fingerprint density at radius 2 is 2.39 bits per heavy atom. The SMILES string of the molecule is CCOc1ccc(Br)cc1C(N)CC1CCCO1. The van der Waals surface area contributed by atoms with Crippen molar-refractivity contribution in [3.05, 3.63) is 28.2 Å². The summed E-state index contributed by atoms with van der Waals surface area (Å²) >= 11 is 3.49. The second-order valence-corrected chi connectivity index (χ2v) is 5.51. The van der Waals surface area contributed by atoms with Crippen LogP contribution in [-0.2, 0) is 4.74 Å². The summed E-state index contributed by atoms with van der Waals surface area (Å²) in [6.45, 7) is 3.51. The van der Waals surface area contributed by atoms with E-state index in [-0.39, 0.29) is 6.04 Å². The fourth-order valence-electron chi connectivity index (χ4n) is 2.34. The number of benzene rings is 1. The number of halogens is 1. The molecule has 1 saturated heterocycles. The summed E-state index contributed by atoms with van der Waals surface area (Å²) in [5, 5.41) is 0. The molecular weight excluding hydrogens is 294 g/mol. The van der Waals surface area contributed by atoms with E-state index < -0.39 is 0 Å². The molecule has 0 spiro atoms. The van der Waals surface area contributed by atoms with Crippen LogP contribution in [0, 0.1) is 0 Å². The molecular formula is C14H20BrNO2. The Kier molecular flexibility index (Phi) is 5.03. The van der Waals surface area contributed by atoms with Crippen LogP contribution in [0.4, 0.5) is 0 Å². The fourth-order valence-corrected chi connectivity index (χ4v) is 2.72. The number of hydrogen-bond acceptors (Lipinski definition) is 3. The first-order valence-electron chi connectivity index (χ1n) is 6.50. The first-order valence-corrected chi connectivity index (χ1v) is 7.29. The maximum absolute atomic E-state index is 6.29. The Bertz CT molecular complexity index is 391. The predicted octanol–water partition coefficient (Wildman–Crippen LogP) is 3.42. The predicted molar refractivity (Wildman–Crippen MR) is 75.8 cm³/mol. The third-order valence-corrected chi connectivity index (χ3v) is 3.71. The molecule has 3 nitrogen and oxygen atoms in total. The van der Waals surface area contributed by atoms with Gasteiger partial charge in [-0.1, -0.05) is 15.9 Å². The molecule has 100 valence electrons. The summed E-state index contributed by atoms with van der Waals surface area (Å²) in [5.41, 5.74) is 7.35. The van der Waals surface area contributed by atoms with Gasteiger partial charge in [-0.3, -0.25) is 0 Å².